The number of aryl methyl sites for hydroxylation is 2. The Balaban J connectivity index is 1.41. The molecule has 230 valence electrons. The van der Waals surface area contributed by atoms with Crippen LogP contribution in [0.25, 0.3) is 22.0 Å². The molecule has 1 aromatic heterocycles. The second-order valence-corrected chi connectivity index (χ2v) is 11.0. The SMILES string of the molecule is COc1cc2c(cc1OC)-c1c(CC(=O)OCCCCC3=CC(=O)C(C)=C(C)C3=O)c3ccc(OC)c(OC)c3c[n+]1CC2. The van der Waals surface area contributed by atoms with Gasteiger partial charge in [0.1, 0.15) is 0 Å². The van der Waals surface area contributed by atoms with Crippen molar-refractivity contribution in [3.8, 4) is 34.3 Å². The number of allylic oxidation sites excluding steroid dienone is 4. The lowest BCUT2D eigenvalue weighted by Gasteiger charge is -2.22. The van der Waals surface area contributed by atoms with E-state index in [-0.39, 0.29) is 30.6 Å². The number of fused-ring (bicyclic) bond motifs is 4. The van der Waals surface area contributed by atoms with Gasteiger partial charge in [-0.1, -0.05) is 0 Å². The van der Waals surface area contributed by atoms with E-state index in [1.807, 2.05) is 30.5 Å². The van der Waals surface area contributed by atoms with Gasteiger partial charge in [-0.05, 0) is 69.0 Å². The largest absolute Gasteiger partial charge is 0.493 e. The Morgan fingerprint density at radius 2 is 1.59 bits per heavy atom. The van der Waals surface area contributed by atoms with Gasteiger partial charge in [-0.15, -0.1) is 0 Å². The standard InChI is InChI=1S/C35H38NO8/c1-20-21(2)34(39)23(15-28(20)37)9-7-8-14-44-32(38)18-26-24-10-11-29(40-3)35(43-6)27(24)19-36-13-12-22-16-30(41-4)31(42-5)17-25(22)33(26)36/h10-11,15-17,19H,7-9,12-14,18H2,1-6H3/q+1. The van der Waals surface area contributed by atoms with Crippen LogP contribution in [0.2, 0.25) is 0 Å². The first-order valence-electron chi connectivity index (χ1n) is 14.7. The van der Waals surface area contributed by atoms with Crippen LogP contribution in [0.3, 0.4) is 0 Å². The maximum atomic E-state index is 13.3. The van der Waals surface area contributed by atoms with Crippen molar-refractivity contribution in [3.63, 3.8) is 0 Å². The van der Waals surface area contributed by atoms with E-state index in [1.54, 1.807) is 42.3 Å². The van der Waals surface area contributed by atoms with E-state index in [1.165, 1.54) is 6.08 Å². The van der Waals surface area contributed by atoms with Crippen LogP contribution in [0.4, 0.5) is 0 Å². The molecule has 2 heterocycles. The summed E-state index contributed by atoms with van der Waals surface area (Å²) >= 11 is 0. The number of ether oxygens (including phenoxy) is 5. The number of Topliss-reactive ketones (excluding diaryl/α,β-unsaturated/α-hetero) is 1. The Hall–Kier alpha value is -4.66. The highest BCUT2D eigenvalue weighted by atomic mass is 16.5. The van der Waals surface area contributed by atoms with Gasteiger partial charge in [0.05, 0.1) is 52.4 Å². The van der Waals surface area contributed by atoms with Crippen LogP contribution in [-0.2, 0) is 38.5 Å². The van der Waals surface area contributed by atoms with Crippen LogP contribution in [0.15, 0.2) is 53.3 Å². The first kappa shape index (κ1) is 30.8. The van der Waals surface area contributed by atoms with Crippen molar-refractivity contribution in [2.45, 2.75) is 52.5 Å². The molecule has 0 bridgehead atoms. The summed E-state index contributed by atoms with van der Waals surface area (Å²) in [4.78, 5) is 38.0. The van der Waals surface area contributed by atoms with Crippen molar-refractivity contribution in [3.05, 3.63) is 64.4 Å². The van der Waals surface area contributed by atoms with Crippen molar-refractivity contribution in [2.24, 2.45) is 0 Å². The second kappa shape index (κ2) is 12.9. The van der Waals surface area contributed by atoms with Crippen molar-refractivity contribution >= 4 is 28.3 Å². The lowest BCUT2D eigenvalue weighted by molar-refractivity contribution is -0.686. The van der Waals surface area contributed by atoms with E-state index in [9.17, 15) is 14.4 Å². The molecule has 0 unspecified atom stereocenters. The minimum atomic E-state index is -0.361. The van der Waals surface area contributed by atoms with E-state index in [0.717, 1.165) is 39.6 Å². The number of carbonyl (C=O) groups excluding carboxylic acids is 3. The maximum absolute atomic E-state index is 13.3. The van der Waals surface area contributed by atoms with Gasteiger partial charge in [-0.3, -0.25) is 14.4 Å². The Morgan fingerprint density at radius 1 is 0.864 bits per heavy atom. The van der Waals surface area contributed by atoms with Crippen LogP contribution in [0, 0.1) is 0 Å². The average Bonchev–Trinajstić information content (AvgIpc) is 3.04. The fourth-order valence-electron chi connectivity index (χ4n) is 6.04. The Bertz CT molecular complexity index is 1730. The number of pyridine rings is 1. The van der Waals surface area contributed by atoms with E-state index >= 15 is 0 Å². The number of ketones is 2. The maximum Gasteiger partial charge on any atom is 0.310 e. The number of aromatic nitrogens is 1. The molecular formula is C35H38NO8+. The molecule has 0 N–H and O–H groups in total. The molecule has 2 aromatic carbocycles. The number of hydrogen-bond acceptors (Lipinski definition) is 8. The Labute approximate surface area is 257 Å². The number of carbonyl (C=O) groups is 3. The summed E-state index contributed by atoms with van der Waals surface area (Å²) in [7, 11) is 6.43. The molecule has 9 nitrogen and oxygen atoms in total. The summed E-state index contributed by atoms with van der Waals surface area (Å²) in [6, 6.07) is 7.75. The fourth-order valence-corrected chi connectivity index (χ4v) is 6.04. The average molecular weight is 601 g/mol. The molecule has 1 aliphatic carbocycles. The number of benzene rings is 2. The van der Waals surface area contributed by atoms with Gasteiger partial charge in [0.25, 0.3) is 0 Å². The third-order valence-corrected chi connectivity index (χ3v) is 8.55. The molecule has 3 aromatic rings. The van der Waals surface area contributed by atoms with E-state index in [2.05, 4.69) is 4.57 Å². The van der Waals surface area contributed by atoms with Crippen LogP contribution in [0.5, 0.6) is 23.0 Å². The zero-order valence-electron chi connectivity index (χ0n) is 26.1. The van der Waals surface area contributed by atoms with E-state index in [0.29, 0.717) is 65.5 Å². The molecule has 0 spiro atoms. The van der Waals surface area contributed by atoms with Crippen molar-refractivity contribution in [1.29, 1.82) is 0 Å². The van der Waals surface area contributed by atoms with Gasteiger partial charge in [0.2, 0.25) is 5.69 Å². The summed E-state index contributed by atoms with van der Waals surface area (Å²) in [5, 5.41) is 1.70. The molecule has 9 heteroatoms. The number of unbranched alkanes of at least 4 members (excludes halogenated alkanes) is 1. The van der Waals surface area contributed by atoms with Crippen LogP contribution >= 0.6 is 0 Å². The van der Waals surface area contributed by atoms with Gasteiger partial charge >= 0.3 is 5.97 Å². The lowest BCUT2D eigenvalue weighted by atomic mass is 9.89. The third kappa shape index (κ3) is 5.66. The zero-order valence-corrected chi connectivity index (χ0v) is 26.1. The van der Waals surface area contributed by atoms with Gasteiger partial charge in [0, 0.05) is 34.1 Å². The molecule has 0 atom stereocenters. The predicted molar refractivity (Wildman–Crippen MR) is 164 cm³/mol. The predicted octanol–water partition coefficient (Wildman–Crippen LogP) is 5.06. The first-order chi connectivity index (χ1) is 21.2. The van der Waals surface area contributed by atoms with E-state index in [4.69, 9.17) is 23.7 Å². The molecule has 0 amide bonds. The highest BCUT2D eigenvalue weighted by Crippen LogP contribution is 2.42. The van der Waals surface area contributed by atoms with Crippen LogP contribution < -0.4 is 23.5 Å². The van der Waals surface area contributed by atoms with Crippen LogP contribution in [0.1, 0.15) is 44.2 Å². The molecule has 5 rings (SSSR count). The topological polar surface area (TPSA) is 101 Å². The highest BCUT2D eigenvalue weighted by Gasteiger charge is 2.32. The Morgan fingerprint density at radius 3 is 2.30 bits per heavy atom. The minimum absolute atomic E-state index is 0.0390. The number of hydrogen-bond donors (Lipinski definition) is 0. The van der Waals surface area contributed by atoms with E-state index < -0.39 is 0 Å². The van der Waals surface area contributed by atoms with Gasteiger partial charge in [-0.25, -0.2) is 0 Å². The molecule has 2 aliphatic rings. The molecule has 0 radical (unpaired) electrons. The van der Waals surface area contributed by atoms with Gasteiger partial charge < -0.3 is 23.7 Å². The zero-order chi connectivity index (χ0) is 31.5. The lowest BCUT2D eigenvalue weighted by Crippen LogP contribution is -2.41. The normalized spacial score (nSPS) is 14.2. The van der Waals surface area contributed by atoms with Crippen molar-refractivity contribution in [1.82, 2.24) is 0 Å². The number of methoxy groups -OCH3 is 4. The molecule has 0 fully saturated rings. The molecule has 0 saturated carbocycles. The monoisotopic (exact) mass is 600 g/mol. The summed E-state index contributed by atoms with van der Waals surface area (Å²) in [6.07, 6.45) is 5.94. The smallest absolute Gasteiger partial charge is 0.310 e. The molecule has 0 saturated heterocycles. The summed E-state index contributed by atoms with van der Waals surface area (Å²) in [5.74, 6) is 1.90. The number of rotatable bonds is 11. The quantitative estimate of drug-likeness (QED) is 0.130. The molecule has 1 aliphatic heterocycles. The van der Waals surface area contributed by atoms with Gasteiger partial charge in [-0.2, -0.15) is 4.57 Å². The van der Waals surface area contributed by atoms with Crippen molar-refractivity contribution < 1.29 is 42.6 Å². The molecular weight excluding hydrogens is 562 g/mol. The van der Waals surface area contributed by atoms with Gasteiger partial charge in [0.15, 0.2) is 47.3 Å². The third-order valence-electron chi connectivity index (χ3n) is 8.55. The summed E-state index contributed by atoms with van der Waals surface area (Å²) in [6.45, 7) is 4.26. The number of nitrogens with zero attached hydrogens (tertiary/aromatic N) is 1. The summed E-state index contributed by atoms with van der Waals surface area (Å²) < 4.78 is 30.4. The van der Waals surface area contributed by atoms with Crippen molar-refractivity contribution in [2.75, 3.05) is 35.0 Å². The second-order valence-electron chi connectivity index (χ2n) is 11.0. The minimum Gasteiger partial charge on any atom is -0.493 e. The Kier molecular flexibility index (Phi) is 9.04. The van der Waals surface area contributed by atoms with Crippen LogP contribution in [-0.4, -0.2) is 52.6 Å². The fraction of sp³-hybridized carbons (Fsp3) is 0.371. The first-order valence-corrected chi connectivity index (χ1v) is 14.7. The highest BCUT2D eigenvalue weighted by molar-refractivity contribution is 6.22. The molecule has 44 heavy (non-hydrogen) atoms. The summed E-state index contributed by atoms with van der Waals surface area (Å²) in [5.41, 5.74) is 5.31. The number of esters is 1.